The highest BCUT2D eigenvalue weighted by Gasteiger charge is 2.33. The summed E-state index contributed by atoms with van der Waals surface area (Å²) in [5.41, 5.74) is 8.09. The first-order valence-electron chi connectivity index (χ1n) is 9.42. The van der Waals surface area contributed by atoms with E-state index in [1.165, 1.54) is 0 Å². The van der Waals surface area contributed by atoms with Crippen LogP contribution in [0.2, 0.25) is 0 Å². The largest absolute Gasteiger partial charge is 0.477 e. The van der Waals surface area contributed by atoms with Crippen LogP contribution in [-0.4, -0.2) is 29.4 Å². The zero-order valence-electron chi connectivity index (χ0n) is 15.8. The van der Waals surface area contributed by atoms with Crippen LogP contribution in [0.5, 0.6) is 5.75 Å². The predicted molar refractivity (Wildman–Crippen MR) is 117 cm³/mol. The van der Waals surface area contributed by atoms with Gasteiger partial charge in [0.2, 0.25) is 0 Å². The Morgan fingerprint density at radius 1 is 1.07 bits per heavy atom. The van der Waals surface area contributed by atoms with Crippen molar-refractivity contribution in [1.29, 1.82) is 0 Å². The maximum atomic E-state index is 13.8. The number of amides is 2. The number of thiophene rings is 1. The third kappa shape index (κ3) is 3.09. The lowest BCUT2D eigenvalue weighted by atomic mass is 10.0. The number of benzene rings is 2. The van der Waals surface area contributed by atoms with Crippen LogP contribution >= 0.6 is 11.3 Å². The van der Waals surface area contributed by atoms with E-state index in [1.807, 2.05) is 53.9 Å². The third-order valence-electron chi connectivity index (χ3n) is 5.06. The molecule has 1 aliphatic rings. The molecule has 2 amide bonds. The molecule has 6 nitrogen and oxygen atoms in total. The molecule has 2 aromatic carbocycles. The van der Waals surface area contributed by atoms with Gasteiger partial charge in [-0.05, 0) is 35.7 Å². The number of rotatable bonds is 3. The zero-order chi connectivity index (χ0) is 20.7. The van der Waals surface area contributed by atoms with Crippen molar-refractivity contribution in [1.82, 2.24) is 4.98 Å². The molecule has 4 aromatic rings. The first-order valence-corrected chi connectivity index (χ1v) is 10.3. The van der Waals surface area contributed by atoms with E-state index >= 15 is 0 Å². The molecule has 5 rings (SSSR count). The summed E-state index contributed by atoms with van der Waals surface area (Å²) in [4.78, 5) is 32.9. The minimum absolute atomic E-state index is 0.0518. The van der Waals surface area contributed by atoms with E-state index in [0.717, 1.165) is 21.5 Å². The van der Waals surface area contributed by atoms with E-state index in [9.17, 15) is 9.59 Å². The van der Waals surface area contributed by atoms with Crippen LogP contribution in [0.15, 0.2) is 72.1 Å². The molecule has 0 bridgehead atoms. The number of nitrogens with two attached hydrogens (primary N) is 1. The summed E-state index contributed by atoms with van der Waals surface area (Å²) in [5.74, 6) is -0.382. The van der Waals surface area contributed by atoms with E-state index in [0.29, 0.717) is 17.0 Å². The van der Waals surface area contributed by atoms with Gasteiger partial charge in [-0.3, -0.25) is 9.59 Å². The second-order valence-corrected chi connectivity index (χ2v) is 7.89. The van der Waals surface area contributed by atoms with Gasteiger partial charge >= 0.3 is 0 Å². The molecule has 0 radical (unpaired) electrons. The van der Waals surface area contributed by atoms with E-state index in [4.69, 9.17) is 15.5 Å². The normalized spacial score (nSPS) is 15.5. The van der Waals surface area contributed by atoms with Gasteiger partial charge in [-0.1, -0.05) is 36.4 Å². The molecule has 1 atom stereocenters. The van der Waals surface area contributed by atoms with Gasteiger partial charge < -0.3 is 15.4 Å². The van der Waals surface area contributed by atoms with E-state index in [1.54, 1.807) is 34.4 Å². The Kier molecular flexibility index (Phi) is 4.44. The number of anilines is 1. The van der Waals surface area contributed by atoms with Crippen LogP contribution in [0.3, 0.4) is 0 Å². The number of carbonyl (C=O) groups is 2. The summed E-state index contributed by atoms with van der Waals surface area (Å²) in [5, 5.41) is 2.73. The fourth-order valence-corrected chi connectivity index (χ4v) is 4.31. The minimum Gasteiger partial charge on any atom is -0.477 e. The van der Waals surface area contributed by atoms with Crippen LogP contribution in [0, 0.1) is 0 Å². The number of hydrogen-bond acceptors (Lipinski definition) is 5. The molecule has 3 heterocycles. The average Bonchev–Trinajstić information content (AvgIpc) is 3.32. The summed E-state index contributed by atoms with van der Waals surface area (Å²) in [6.07, 6.45) is -0.909. The summed E-state index contributed by atoms with van der Waals surface area (Å²) >= 11 is 1.56. The lowest BCUT2D eigenvalue weighted by molar-refractivity contribution is -0.124. The Bertz CT molecular complexity index is 1270. The van der Waals surface area contributed by atoms with Gasteiger partial charge in [0, 0.05) is 5.39 Å². The van der Waals surface area contributed by atoms with Crippen LogP contribution in [0.4, 0.5) is 5.69 Å². The van der Waals surface area contributed by atoms with Gasteiger partial charge in [-0.15, -0.1) is 11.3 Å². The van der Waals surface area contributed by atoms with Gasteiger partial charge in [0.05, 0.1) is 33.9 Å². The number of nitrogens with zero attached hydrogens (tertiary/aromatic N) is 2. The molecule has 0 unspecified atom stereocenters. The number of para-hydroxylation sites is 3. The van der Waals surface area contributed by atoms with Crippen LogP contribution in [-0.2, 0) is 4.79 Å². The lowest BCUT2D eigenvalue weighted by Gasteiger charge is -2.33. The Labute approximate surface area is 176 Å². The number of hydrogen-bond donors (Lipinski definition) is 1. The van der Waals surface area contributed by atoms with Crippen molar-refractivity contribution < 1.29 is 14.3 Å². The molecular formula is C23H17N3O3S. The standard InChI is InChI=1S/C23H17N3O3S/c24-22(27)20-13-26(18-8-3-4-9-19(18)29-20)23(28)15-12-17(21-10-5-11-30-21)25-16-7-2-1-6-14(15)16/h1-12,20H,13H2,(H2,24,27)/t20-/m1/s1. The number of carbonyl (C=O) groups excluding carboxylic acids is 2. The van der Waals surface area contributed by atoms with Gasteiger partial charge in [-0.2, -0.15) is 0 Å². The summed E-state index contributed by atoms with van der Waals surface area (Å²) < 4.78 is 5.70. The first-order chi connectivity index (χ1) is 14.6. The van der Waals surface area contributed by atoms with Crippen molar-refractivity contribution in [3.8, 4) is 16.3 Å². The quantitative estimate of drug-likeness (QED) is 0.551. The zero-order valence-corrected chi connectivity index (χ0v) is 16.6. The molecule has 0 aliphatic carbocycles. The molecule has 0 fully saturated rings. The molecule has 0 spiro atoms. The van der Waals surface area contributed by atoms with E-state index in [-0.39, 0.29) is 12.5 Å². The first kappa shape index (κ1) is 18.3. The van der Waals surface area contributed by atoms with Crippen molar-refractivity contribution >= 4 is 39.7 Å². The molecule has 0 saturated carbocycles. The predicted octanol–water partition coefficient (Wildman–Crippen LogP) is 3.86. The van der Waals surface area contributed by atoms with Crippen molar-refractivity contribution in [2.24, 2.45) is 5.73 Å². The van der Waals surface area contributed by atoms with Crippen molar-refractivity contribution in [2.45, 2.75) is 6.10 Å². The minimum atomic E-state index is -0.909. The smallest absolute Gasteiger partial charge is 0.260 e. The SMILES string of the molecule is NC(=O)[C@H]1CN(C(=O)c2cc(-c3cccs3)nc3ccccc23)c2ccccc2O1. The summed E-state index contributed by atoms with van der Waals surface area (Å²) in [7, 11) is 0. The number of primary amides is 1. The highest BCUT2D eigenvalue weighted by molar-refractivity contribution is 7.13. The van der Waals surface area contributed by atoms with Crippen LogP contribution < -0.4 is 15.4 Å². The van der Waals surface area contributed by atoms with E-state index < -0.39 is 12.0 Å². The van der Waals surface area contributed by atoms with E-state index in [2.05, 4.69) is 0 Å². The van der Waals surface area contributed by atoms with Gasteiger partial charge in [0.15, 0.2) is 6.10 Å². The van der Waals surface area contributed by atoms with Crippen molar-refractivity contribution in [3.05, 3.63) is 77.7 Å². The molecule has 2 aromatic heterocycles. The maximum Gasteiger partial charge on any atom is 0.260 e. The van der Waals surface area contributed by atoms with Gasteiger partial charge in [0.25, 0.3) is 11.8 Å². The Balaban J connectivity index is 1.67. The second kappa shape index (κ2) is 7.27. The van der Waals surface area contributed by atoms with Crippen molar-refractivity contribution in [3.63, 3.8) is 0 Å². The third-order valence-corrected chi connectivity index (χ3v) is 5.95. The number of fused-ring (bicyclic) bond motifs is 2. The molecular weight excluding hydrogens is 398 g/mol. The topological polar surface area (TPSA) is 85.5 Å². The Hall–Kier alpha value is -3.71. The molecule has 148 valence electrons. The average molecular weight is 415 g/mol. The molecule has 0 saturated heterocycles. The second-order valence-electron chi connectivity index (χ2n) is 6.94. The van der Waals surface area contributed by atoms with Gasteiger partial charge in [0.1, 0.15) is 5.75 Å². The van der Waals surface area contributed by atoms with Crippen molar-refractivity contribution in [2.75, 3.05) is 11.4 Å². The molecule has 7 heteroatoms. The lowest BCUT2D eigenvalue weighted by Crippen LogP contribution is -2.49. The molecule has 2 N–H and O–H groups in total. The number of aromatic nitrogens is 1. The summed E-state index contributed by atoms with van der Waals surface area (Å²) in [6.45, 7) is 0.0518. The fourth-order valence-electron chi connectivity index (χ4n) is 3.62. The Morgan fingerprint density at radius 2 is 1.87 bits per heavy atom. The van der Waals surface area contributed by atoms with Crippen LogP contribution in [0.25, 0.3) is 21.5 Å². The number of pyridine rings is 1. The van der Waals surface area contributed by atoms with Gasteiger partial charge in [-0.25, -0.2) is 4.98 Å². The highest BCUT2D eigenvalue weighted by Crippen LogP contribution is 2.35. The fraction of sp³-hybridized carbons (Fsp3) is 0.0870. The highest BCUT2D eigenvalue weighted by atomic mass is 32.1. The maximum absolute atomic E-state index is 13.8. The monoisotopic (exact) mass is 415 g/mol. The number of ether oxygens (including phenoxy) is 1. The summed E-state index contributed by atoms with van der Waals surface area (Å²) in [6, 6.07) is 20.4. The Morgan fingerprint density at radius 3 is 2.67 bits per heavy atom. The van der Waals surface area contributed by atoms with Crippen LogP contribution in [0.1, 0.15) is 10.4 Å². The molecule has 1 aliphatic heterocycles. The molecule has 30 heavy (non-hydrogen) atoms.